The number of unbranched alkanes of at least 4 members (excludes halogenated alkanes) is 1. The van der Waals surface area contributed by atoms with E-state index in [0.29, 0.717) is 17.9 Å². The van der Waals surface area contributed by atoms with Crippen LogP contribution in [0.4, 0.5) is 5.69 Å². The number of ether oxygens (including phenoxy) is 1. The van der Waals surface area contributed by atoms with E-state index in [1.807, 2.05) is 6.92 Å². The summed E-state index contributed by atoms with van der Waals surface area (Å²) in [7, 11) is 0. The Hall–Kier alpha value is -2.08. The maximum Gasteiger partial charge on any atom is 0.341 e. The highest BCUT2D eigenvalue weighted by atomic mass is 16.5. The van der Waals surface area contributed by atoms with Crippen molar-refractivity contribution in [3.63, 3.8) is 0 Å². The topological polar surface area (TPSA) is 102 Å². The van der Waals surface area contributed by atoms with Crippen LogP contribution in [0.1, 0.15) is 26.2 Å². The highest BCUT2D eigenvalue weighted by Gasteiger charge is 2.15. The summed E-state index contributed by atoms with van der Waals surface area (Å²) >= 11 is 0. The smallest absolute Gasteiger partial charge is 0.341 e. The molecule has 1 aromatic rings. The van der Waals surface area contributed by atoms with Gasteiger partial charge >= 0.3 is 5.97 Å². The fraction of sp³-hybridized carbons (Fsp3) is 0.429. The maximum atomic E-state index is 11.9. The van der Waals surface area contributed by atoms with Crippen molar-refractivity contribution in [2.24, 2.45) is 5.73 Å². The molecule has 0 aliphatic carbocycles. The van der Waals surface area contributed by atoms with Crippen molar-refractivity contribution in [1.29, 1.82) is 0 Å². The van der Waals surface area contributed by atoms with Gasteiger partial charge in [0.25, 0.3) is 0 Å². The molecule has 110 valence electrons. The Morgan fingerprint density at radius 1 is 1.40 bits per heavy atom. The van der Waals surface area contributed by atoms with Gasteiger partial charge in [-0.1, -0.05) is 31.9 Å². The Balaban J connectivity index is 2.66. The van der Waals surface area contributed by atoms with Crippen molar-refractivity contribution < 1.29 is 19.4 Å². The standard InChI is InChI=1S/C14H20N2O4/c1-2-3-6-10(15)14(19)16-11-7-4-5-8-12(11)20-9-13(17)18/h4-5,7-8,10H,2-3,6,9,15H2,1H3,(H,16,19)(H,17,18). The number of carboxylic acid groups (broad SMARTS) is 1. The van der Waals surface area contributed by atoms with Crippen molar-refractivity contribution in [2.45, 2.75) is 32.2 Å². The minimum absolute atomic E-state index is 0.301. The number of benzene rings is 1. The van der Waals surface area contributed by atoms with E-state index in [1.54, 1.807) is 24.3 Å². The van der Waals surface area contributed by atoms with Gasteiger partial charge < -0.3 is 20.9 Å². The third-order valence-corrected chi connectivity index (χ3v) is 2.70. The molecule has 1 atom stereocenters. The lowest BCUT2D eigenvalue weighted by molar-refractivity contribution is -0.139. The summed E-state index contributed by atoms with van der Waals surface area (Å²) in [4.78, 5) is 22.4. The molecule has 0 fully saturated rings. The molecule has 0 spiro atoms. The van der Waals surface area contributed by atoms with Gasteiger partial charge in [0.15, 0.2) is 6.61 Å². The second-order valence-corrected chi connectivity index (χ2v) is 4.42. The molecule has 1 unspecified atom stereocenters. The predicted octanol–water partition coefficient (Wildman–Crippen LogP) is 1.61. The van der Waals surface area contributed by atoms with Gasteiger partial charge in [-0.3, -0.25) is 4.79 Å². The molecule has 0 saturated heterocycles. The maximum absolute atomic E-state index is 11.9. The molecule has 0 heterocycles. The van der Waals surface area contributed by atoms with Crippen molar-refractivity contribution in [2.75, 3.05) is 11.9 Å². The van der Waals surface area contributed by atoms with E-state index in [0.717, 1.165) is 12.8 Å². The largest absolute Gasteiger partial charge is 0.480 e. The highest BCUT2D eigenvalue weighted by Crippen LogP contribution is 2.23. The van der Waals surface area contributed by atoms with Crippen LogP contribution in [-0.4, -0.2) is 29.6 Å². The Morgan fingerprint density at radius 3 is 2.75 bits per heavy atom. The van der Waals surface area contributed by atoms with Crippen molar-refractivity contribution in [1.82, 2.24) is 0 Å². The van der Waals surface area contributed by atoms with Gasteiger partial charge in [0, 0.05) is 0 Å². The van der Waals surface area contributed by atoms with Crippen LogP contribution in [0.5, 0.6) is 5.75 Å². The molecule has 0 aliphatic heterocycles. The minimum Gasteiger partial charge on any atom is -0.480 e. The van der Waals surface area contributed by atoms with E-state index < -0.39 is 18.6 Å². The number of carboxylic acids is 1. The summed E-state index contributed by atoms with van der Waals surface area (Å²) in [5.74, 6) is -1.07. The van der Waals surface area contributed by atoms with Gasteiger partial charge in [0.05, 0.1) is 11.7 Å². The molecule has 6 nitrogen and oxygen atoms in total. The number of rotatable bonds is 8. The fourth-order valence-corrected chi connectivity index (χ4v) is 1.62. The highest BCUT2D eigenvalue weighted by molar-refractivity contribution is 5.95. The predicted molar refractivity (Wildman–Crippen MR) is 75.7 cm³/mol. The summed E-state index contributed by atoms with van der Waals surface area (Å²) in [6.45, 7) is 1.56. The Bertz CT molecular complexity index is 462. The van der Waals surface area contributed by atoms with E-state index in [4.69, 9.17) is 15.6 Å². The summed E-state index contributed by atoms with van der Waals surface area (Å²) in [5.41, 5.74) is 6.20. The number of aliphatic carboxylic acids is 1. The lowest BCUT2D eigenvalue weighted by Gasteiger charge is -2.14. The molecule has 4 N–H and O–H groups in total. The molecular weight excluding hydrogens is 260 g/mol. The summed E-state index contributed by atoms with van der Waals surface area (Å²) < 4.78 is 5.11. The van der Waals surface area contributed by atoms with Crippen LogP contribution < -0.4 is 15.8 Å². The van der Waals surface area contributed by atoms with Crippen LogP contribution in [-0.2, 0) is 9.59 Å². The molecule has 0 radical (unpaired) electrons. The van der Waals surface area contributed by atoms with Crippen molar-refractivity contribution >= 4 is 17.6 Å². The first kappa shape index (κ1) is 16.0. The molecule has 0 bridgehead atoms. The van der Waals surface area contributed by atoms with E-state index in [-0.39, 0.29) is 5.91 Å². The third kappa shape index (κ3) is 5.27. The number of carbonyl (C=O) groups excluding carboxylic acids is 1. The zero-order chi connectivity index (χ0) is 15.0. The molecule has 1 amide bonds. The van der Waals surface area contributed by atoms with E-state index in [2.05, 4.69) is 5.32 Å². The number of carbonyl (C=O) groups is 2. The number of amides is 1. The number of para-hydroxylation sites is 2. The number of nitrogens with two attached hydrogens (primary N) is 1. The van der Waals surface area contributed by atoms with Crippen molar-refractivity contribution in [3.8, 4) is 5.75 Å². The third-order valence-electron chi connectivity index (χ3n) is 2.70. The Morgan fingerprint density at radius 2 is 2.10 bits per heavy atom. The first-order chi connectivity index (χ1) is 9.54. The number of anilines is 1. The van der Waals surface area contributed by atoms with Gasteiger partial charge in [-0.2, -0.15) is 0 Å². The van der Waals surface area contributed by atoms with Gasteiger partial charge in [-0.05, 0) is 18.6 Å². The van der Waals surface area contributed by atoms with Gasteiger partial charge in [0.1, 0.15) is 5.75 Å². The summed E-state index contributed by atoms with van der Waals surface area (Å²) in [6, 6.07) is 6.07. The first-order valence-electron chi connectivity index (χ1n) is 6.54. The average molecular weight is 280 g/mol. The number of hydrogen-bond acceptors (Lipinski definition) is 4. The van der Waals surface area contributed by atoms with Crippen LogP contribution in [0.25, 0.3) is 0 Å². The molecule has 0 aliphatic rings. The SMILES string of the molecule is CCCCC(N)C(=O)Nc1ccccc1OCC(=O)O. The van der Waals surface area contributed by atoms with Crippen LogP contribution in [0, 0.1) is 0 Å². The Kier molecular flexibility index (Phi) is 6.52. The summed E-state index contributed by atoms with van der Waals surface area (Å²) in [6.07, 6.45) is 2.46. The molecule has 20 heavy (non-hydrogen) atoms. The molecular formula is C14H20N2O4. The minimum atomic E-state index is -1.08. The first-order valence-corrected chi connectivity index (χ1v) is 6.54. The molecule has 1 rings (SSSR count). The molecule has 0 aromatic heterocycles. The van der Waals surface area contributed by atoms with E-state index >= 15 is 0 Å². The average Bonchev–Trinajstić information content (AvgIpc) is 2.43. The second-order valence-electron chi connectivity index (χ2n) is 4.42. The van der Waals surface area contributed by atoms with Crippen LogP contribution in [0.2, 0.25) is 0 Å². The zero-order valence-corrected chi connectivity index (χ0v) is 11.5. The lowest BCUT2D eigenvalue weighted by Crippen LogP contribution is -2.35. The van der Waals surface area contributed by atoms with Gasteiger partial charge in [-0.25, -0.2) is 4.79 Å². The molecule has 0 saturated carbocycles. The summed E-state index contributed by atoms with van der Waals surface area (Å²) in [5, 5.41) is 11.3. The van der Waals surface area contributed by atoms with E-state index in [9.17, 15) is 9.59 Å². The van der Waals surface area contributed by atoms with Gasteiger partial charge in [-0.15, -0.1) is 0 Å². The Labute approximate surface area is 117 Å². The molecule has 1 aromatic carbocycles. The number of nitrogens with one attached hydrogen (secondary N) is 1. The van der Waals surface area contributed by atoms with Crippen LogP contribution in [0.15, 0.2) is 24.3 Å². The monoisotopic (exact) mass is 280 g/mol. The second kappa shape index (κ2) is 8.16. The van der Waals surface area contributed by atoms with Crippen LogP contribution in [0.3, 0.4) is 0 Å². The lowest BCUT2D eigenvalue weighted by atomic mass is 10.1. The zero-order valence-electron chi connectivity index (χ0n) is 11.5. The molecule has 6 heteroatoms. The normalized spacial score (nSPS) is 11.7. The van der Waals surface area contributed by atoms with Crippen molar-refractivity contribution in [3.05, 3.63) is 24.3 Å². The fourth-order valence-electron chi connectivity index (χ4n) is 1.62. The van der Waals surface area contributed by atoms with E-state index in [1.165, 1.54) is 0 Å². The van der Waals surface area contributed by atoms with Crippen LogP contribution >= 0.6 is 0 Å². The number of hydrogen-bond donors (Lipinski definition) is 3. The quantitative estimate of drug-likeness (QED) is 0.671. The van der Waals surface area contributed by atoms with Gasteiger partial charge in [0.2, 0.25) is 5.91 Å².